The van der Waals surface area contributed by atoms with Crippen molar-refractivity contribution in [3.05, 3.63) is 29.3 Å². The van der Waals surface area contributed by atoms with E-state index in [2.05, 4.69) is 0 Å². The van der Waals surface area contributed by atoms with Gasteiger partial charge in [0.2, 0.25) is 11.8 Å². The molecule has 2 N–H and O–H groups in total. The molecule has 10 heteroatoms. The van der Waals surface area contributed by atoms with Gasteiger partial charge in [0.1, 0.15) is 11.4 Å². The van der Waals surface area contributed by atoms with Crippen LogP contribution < -0.4 is 4.90 Å². The quantitative estimate of drug-likeness (QED) is 0.577. The molecule has 2 atom stereocenters. The molecule has 0 spiro atoms. The van der Waals surface area contributed by atoms with E-state index in [1.54, 1.807) is 24.3 Å². The maximum Gasteiger partial charge on any atom is 0.323 e. The number of aliphatic carboxylic acids is 2. The fourth-order valence-electron chi connectivity index (χ4n) is 3.15. The highest BCUT2D eigenvalue weighted by atomic mass is 35.5. The van der Waals surface area contributed by atoms with Gasteiger partial charge in [-0.15, -0.1) is 11.8 Å². The number of halogens is 1. The normalized spacial score (nSPS) is 23.6. The van der Waals surface area contributed by atoms with E-state index in [0.717, 1.165) is 11.8 Å². The number of hydrogen-bond acceptors (Lipinski definition) is 5. The van der Waals surface area contributed by atoms with Gasteiger partial charge >= 0.3 is 11.9 Å². The Hall–Kier alpha value is -2.26. The highest BCUT2D eigenvalue weighted by molar-refractivity contribution is 8.00. The number of nitrogens with zero attached hydrogens (tertiary/aromatic N) is 2. The van der Waals surface area contributed by atoms with Crippen molar-refractivity contribution in [3.63, 3.8) is 0 Å². The van der Waals surface area contributed by atoms with E-state index >= 15 is 0 Å². The van der Waals surface area contributed by atoms with Crippen molar-refractivity contribution in [2.75, 3.05) is 17.2 Å². The Morgan fingerprint density at radius 3 is 2.31 bits per heavy atom. The van der Waals surface area contributed by atoms with E-state index in [-0.39, 0.29) is 11.7 Å². The Balaban J connectivity index is 1.88. The number of carbonyl (C=O) groups excluding carboxylic acids is 2. The van der Waals surface area contributed by atoms with Crippen molar-refractivity contribution < 1.29 is 29.4 Å². The first kappa shape index (κ1) is 18.5. The first-order valence-electron chi connectivity index (χ1n) is 7.63. The van der Waals surface area contributed by atoms with E-state index in [1.165, 1.54) is 16.7 Å². The standard InChI is InChI=1S/C16H15ClN2O6S/c1-8(20)19(10-4-2-9(17)3-5-10)11-12(21)18-6-16(14(22)23,15(24)25)7-26-13(11)18/h2-5,11,13H,6-7H2,1H3,(H,22,23)(H,24,25)/t11?,13-/m1/s1. The first-order valence-corrected chi connectivity index (χ1v) is 9.06. The molecule has 26 heavy (non-hydrogen) atoms. The van der Waals surface area contributed by atoms with Gasteiger partial charge in [0.05, 0.1) is 0 Å². The first-order chi connectivity index (χ1) is 12.2. The molecular weight excluding hydrogens is 384 g/mol. The van der Waals surface area contributed by atoms with E-state index < -0.39 is 41.2 Å². The minimum Gasteiger partial charge on any atom is -0.480 e. The van der Waals surface area contributed by atoms with E-state index in [0.29, 0.717) is 10.7 Å². The molecule has 2 amide bonds. The number of benzene rings is 1. The molecule has 0 aromatic heterocycles. The van der Waals surface area contributed by atoms with Crippen LogP contribution in [0.25, 0.3) is 0 Å². The van der Waals surface area contributed by atoms with Gasteiger partial charge in [-0.3, -0.25) is 24.1 Å². The summed E-state index contributed by atoms with van der Waals surface area (Å²) in [5, 5.41) is 18.7. The molecule has 2 aliphatic rings. The van der Waals surface area contributed by atoms with Crippen molar-refractivity contribution in [2.45, 2.75) is 18.3 Å². The second kappa shape index (κ2) is 6.48. The predicted octanol–water partition coefficient (Wildman–Crippen LogP) is 1.13. The molecule has 1 aromatic rings. The van der Waals surface area contributed by atoms with Gasteiger partial charge in [-0.1, -0.05) is 11.6 Å². The molecule has 0 saturated carbocycles. The molecule has 2 aliphatic heterocycles. The number of fused-ring (bicyclic) bond motifs is 1. The number of β-lactam (4-membered cyclic amide) rings is 1. The molecule has 0 bridgehead atoms. The second-order valence-corrected chi connectivity index (χ2v) is 7.71. The molecule has 0 aliphatic carbocycles. The summed E-state index contributed by atoms with van der Waals surface area (Å²) < 4.78 is 0. The number of anilines is 1. The SMILES string of the molecule is CC(=O)N(c1ccc(Cl)cc1)C1C(=O)N2CC(C(=O)O)(C(=O)O)CS[C@H]12. The van der Waals surface area contributed by atoms with Crippen LogP contribution in [0.15, 0.2) is 24.3 Å². The van der Waals surface area contributed by atoms with Crippen LogP contribution in [-0.4, -0.2) is 62.6 Å². The minimum atomic E-state index is -2.04. The van der Waals surface area contributed by atoms with Crippen LogP contribution in [0.1, 0.15) is 6.92 Å². The third-order valence-electron chi connectivity index (χ3n) is 4.60. The zero-order valence-corrected chi connectivity index (χ0v) is 15.2. The van der Waals surface area contributed by atoms with Crippen LogP contribution >= 0.6 is 23.4 Å². The zero-order valence-electron chi connectivity index (χ0n) is 13.6. The van der Waals surface area contributed by atoms with Gasteiger partial charge in [-0.25, -0.2) is 0 Å². The fourth-order valence-corrected chi connectivity index (χ4v) is 4.85. The average molecular weight is 399 g/mol. The summed E-state index contributed by atoms with van der Waals surface area (Å²) in [6, 6.07) is 5.63. The van der Waals surface area contributed by atoms with Gasteiger partial charge in [0.25, 0.3) is 0 Å². The molecular formula is C16H15ClN2O6S. The van der Waals surface area contributed by atoms with Crippen molar-refractivity contribution in [1.29, 1.82) is 0 Å². The lowest BCUT2D eigenvalue weighted by Crippen LogP contribution is -2.75. The third kappa shape index (κ3) is 2.71. The second-order valence-electron chi connectivity index (χ2n) is 6.17. The topological polar surface area (TPSA) is 115 Å². The number of thioether (sulfide) groups is 1. The van der Waals surface area contributed by atoms with Crippen LogP contribution in [-0.2, 0) is 19.2 Å². The lowest BCUT2D eigenvalue weighted by Gasteiger charge is -2.55. The number of carboxylic acids is 2. The van der Waals surface area contributed by atoms with Crippen molar-refractivity contribution >= 4 is 52.8 Å². The fraction of sp³-hybridized carbons (Fsp3) is 0.375. The van der Waals surface area contributed by atoms with Crippen molar-refractivity contribution in [3.8, 4) is 0 Å². The molecule has 138 valence electrons. The Morgan fingerprint density at radius 2 is 1.81 bits per heavy atom. The number of hydrogen-bond donors (Lipinski definition) is 2. The van der Waals surface area contributed by atoms with Gasteiger partial charge in [-0.05, 0) is 24.3 Å². The Bertz CT molecular complexity index is 784. The van der Waals surface area contributed by atoms with Crippen LogP contribution in [0, 0.1) is 5.41 Å². The number of carboxylic acid groups (broad SMARTS) is 2. The van der Waals surface area contributed by atoms with E-state index in [1.807, 2.05) is 0 Å². The van der Waals surface area contributed by atoms with Gasteiger partial charge in [0.15, 0.2) is 5.41 Å². The summed E-state index contributed by atoms with van der Waals surface area (Å²) in [5.41, 5.74) is -1.54. The summed E-state index contributed by atoms with van der Waals surface area (Å²) >= 11 is 6.91. The smallest absolute Gasteiger partial charge is 0.323 e. The van der Waals surface area contributed by atoms with E-state index in [9.17, 15) is 29.4 Å². The van der Waals surface area contributed by atoms with Gasteiger partial charge in [0, 0.05) is 29.9 Å². The predicted molar refractivity (Wildman–Crippen MR) is 94.1 cm³/mol. The lowest BCUT2D eigenvalue weighted by atomic mass is 9.87. The largest absolute Gasteiger partial charge is 0.480 e. The molecule has 3 rings (SSSR count). The Kier molecular flexibility index (Phi) is 4.61. The summed E-state index contributed by atoms with van der Waals surface area (Å²) in [6.07, 6.45) is 0. The zero-order chi connectivity index (χ0) is 19.2. The molecule has 0 radical (unpaired) electrons. The van der Waals surface area contributed by atoms with Gasteiger partial charge in [-0.2, -0.15) is 0 Å². The lowest BCUT2D eigenvalue weighted by molar-refractivity contribution is -0.169. The average Bonchev–Trinajstić information content (AvgIpc) is 2.59. The highest BCUT2D eigenvalue weighted by Gasteiger charge is 2.62. The summed E-state index contributed by atoms with van der Waals surface area (Å²) in [5.74, 6) is -3.96. The molecule has 1 aromatic carbocycles. The maximum atomic E-state index is 12.6. The van der Waals surface area contributed by atoms with Crippen LogP contribution in [0.2, 0.25) is 5.02 Å². The number of carbonyl (C=O) groups is 4. The molecule has 1 unspecified atom stereocenters. The molecule has 2 saturated heterocycles. The third-order valence-corrected chi connectivity index (χ3v) is 6.36. The maximum absolute atomic E-state index is 12.6. The monoisotopic (exact) mass is 398 g/mol. The molecule has 2 fully saturated rings. The van der Waals surface area contributed by atoms with Crippen LogP contribution in [0.5, 0.6) is 0 Å². The molecule has 8 nitrogen and oxygen atoms in total. The van der Waals surface area contributed by atoms with Crippen LogP contribution in [0.4, 0.5) is 5.69 Å². The van der Waals surface area contributed by atoms with Crippen LogP contribution in [0.3, 0.4) is 0 Å². The Labute approximate surface area is 157 Å². The number of amides is 2. The summed E-state index contributed by atoms with van der Waals surface area (Å²) in [7, 11) is 0. The summed E-state index contributed by atoms with van der Waals surface area (Å²) in [4.78, 5) is 50.3. The van der Waals surface area contributed by atoms with Gasteiger partial charge < -0.3 is 15.1 Å². The van der Waals surface area contributed by atoms with E-state index in [4.69, 9.17) is 11.6 Å². The number of rotatable bonds is 4. The van der Waals surface area contributed by atoms with Crippen molar-refractivity contribution in [2.24, 2.45) is 5.41 Å². The Morgan fingerprint density at radius 1 is 1.23 bits per heavy atom. The molecule has 2 heterocycles. The minimum absolute atomic E-state index is 0.186. The van der Waals surface area contributed by atoms with Crippen molar-refractivity contribution in [1.82, 2.24) is 4.90 Å². The summed E-state index contributed by atoms with van der Waals surface area (Å²) in [6.45, 7) is 0.911. The highest BCUT2D eigenvalue weighted by Crippen LogP contribution is 2.45.